The summed E-state index contributed by atoms with van der Waals surface area (Å²) in [5, 5.41) is 3.27. The molecule has 166 valence electrons. The third kappa shape index (κ3) is 5.61. The van der Waals surface area contributed by atoms with Crippen molar-refractivity contribution in [2.24, 2.45) is 0 Å². The number of likely N-dealkylation sites (N-methyl/N-ethyl adjacent to an activating group) is 1. The van der Waals surface area contributed by atoms with Gasteiger partial charge in [0.15, 0.2) is 11.5 Å². The first-order valence-electron chi connectivity index (χ1n) is 10.5. The van der Waals surface area contributed by atoms with Gasteiger partial charge in [-0.3, -0.25) is 9.69 Å². The van der Waals surface area contributed by atoms with Gasteiger partial charge in [0.05, 0.1) is 5.02 Å². The molecule has 0 aliphatic carbocycles. The van der Waals surface area contributed by atoms with Crippen molar-refractivity contribution in [2.45, 2.75) is 25.4 Å². The average molecular weight is 447 g/mol. The van der Waals surface area contributed by atoms with E-state index in [0.29, 0.717) is 41.3 Å². The summed E-state index contributed by atoms with van der Waals surface area (Å²) >= 11 is 6.17. The molecule has 1 amide bonds. The van der Waals surface area contributed by atoms with Crippen LogP contribution in [0.5, 0.6) is 17.2 Å². The summed E-state index contributed by atoms with van der Waals surface area (Å²) in [5.74, 6) is 1.52. The zero-order chi connectivity index (χ0) is 21.6. The molecule has 4 rings (SSSR count). The molecule has 0 spiro atoms. The summed E-state index contributed by atoms with van der Waals surface area (Å²) in [6, 6.07) is 11.5. The van der Waals surface area contributed by atoms with Gasteiger partial charge in [-0.05, 0) is 49.7 Å². The van der Waals surface area contributed by atoms with E-state index in [2.05, 4.69) is 17.3 Å². The quantitative estimate of drug-likeness (QED) is 0.669. The van der Waals surface area contributed by atoms with Crippen molar-refractivity contribution in [3.8, 4) is 17.2 Å². The molecular weight excluding hydrogens is 420 g/mol. The Kier molecular flexibility index (Phi) is 7.17. The Bertz CT molecular complexity index is 917. The molecule has 0 unspecified atom stereocenters. The van der Waals surface area contributed by atoms with E-state index in [0.717, 1.165) is 43.9 Å². The van der Waals surface area contributed by atoms with Gasteiger partial charge in [-0.15, -0.1) is 0 Å². The lowest BCUT2D eigenvalue weighted by Crippen LogP contribution is -2.38. The van der Waals surface area contributed by atoms with Crippen molar-refractivity contribution in [3.05, 3.63) is 52.5 Å². The lowest BCUT2D eigenvalue weighted by Gasteiger charge is -2.31. The molecule has 2 heterocycles. The zero-order valence-corrected chi connectivity index (χ0v) is 18.3. The molecule has 2 aliphatic heterocycles. The summed E-state index contributed by atoms with van der Waals surface area (Å²) < 4.78 is 22.0. The van der Waals surface area contributed by atoms with Gasteiger partial charge in [-0.1, -0.05) is 23.7 Å². The van der Waals surface area contributed by atoms with Gasteiger partial charge in [0, 0.05) is 37.9 Å². The lowest BCUT2D eigenvalue weighted by molar-refractivity contribution is 0.0392. The third-order valence-corrected chi connectivity index (χ3v) is 5.85. The van der Waals surface area contributed by atoms with Crippen LogP contribution in [-0.2, 0) is 11.3 Å². The average Bonchev–Trinajstić information content (AvgIpc) is 3.28. The highest BCUT2D eigenvalue weighted by Gasteiger charge is 2.21. The van der Waals surface area contributed by atoms with E-state index in [1.165, 1.54) is 0 Å². The summed E-state index contributed by atoms with van der Waals surface area (Å²) in [6.07, 6.45) is 2.14. The van der Waals surface area contributed by atoms with Crippen LogP contribution in [0.2, 0.25) is 5.02 Å². The minimum Gasteiger partial charge on any atom is -0.492 e. The monoisotopic (exact) mass is 446 g/mol. The second-order valence-electron chi connectivity index (χ2n) is 7.69. The SMILES string of the molecule is CN(CCOc1cccc(CNC(=O)c2cc(Cl)c3c(c2)OCO3)c1)C1CCOCC1. The molecule has 0 saturated carbocycles. The number of amides is 1. The van der Waals surface area contributed by atoms with Gasteiger partial charge in [0.25, 0.3) is 5.91 Å². The van der Waals surface area contributed by atoms with Gasteiger partial charge in [0.2, 0.25) is 6.79 Å². The number of hydrogen-bond acceptors (Lipinski definition) is 6. The molecule has 0 radical (unpaired) electrons. The zero-order valence-electron chi connectivity index (χ0n) is 17.6. The first kappa shape index (κ1) is 21.7. The molecule has 31 heavy (non-hydrogen) atoms. The second-order valence-corrected chi connectivity index (χ2v) is 8.10. The van der Waals surface area contributed by atoms with Gasteiger partial charge in [0.1, 0.15) is 12.4 Å². The Hall–Kier alpha value is -2.48. The fraction of sp³-hybridized carbons (Fsp3) is 0.435. The number of halogens is 1. The van der Waals surface area contributed by atoms with E-state index in [4.69, 9.17) is 30.5 Å². The van der Waals surface area contributed by atoms with Crippen molar-refractivity contribution >= 4 is 17.5 Å². The molecule has 1 N–H and O–H groups in total. The van der Waals surface area contributed by atoms with Crippen LogP contribution in [0.1, 0.15) is 28.8 Å². The molecular formula is C23H27ClN2O5. The highest BCUT2D eigenvalue weighted by Crippen LogP contribution is 2.39. The number of rotatable bonds is 8. The normalized spacial score (nSPS) is 15.8. The predicted octanol–water partition coefficient (Wildman–Crippen LogP) is 3.49. The van der Waals surface area contributed by atoms with Crippen LogP contribution in [0.25, 0.3) is 0 Å². The maximum atomic E-state index is 12.5. The van der Waals surface area contributed by atoms with E-state index in [-0.39, 0.29) is 12.7 Å². The largest absolute Gasteiger partial charge is 0.492 e. The molecule has 1 saturated heterocycles. The molecule has 2 aromatic rings. The Labute approximate surface area is 187 Å². The highest BCUT2D eigenvalue weighted by molar-refractivity contribution is 6.32. The fourth-order valence-electron chi connectivity index (χ4n) is 3.74. The third-order valence-electron chi connectivity index (χ3n) is 5.57. The van der Waals surface area contributed by atoms with Crippen LogP contribution in [-0.4, -0.2) is 57.1 Å². The Morgan fingerprint density at radius 2 is 2.06 bits per heavy atom. The maximum Gasteiger partial charge on any atom is 0.251 e. The second kappa shape index (κ2) is 10.2. The molecule has 0 atom stereocenters. The van der Waals surface area contributed by atoms with Gasteiger partial charge >= 0.3 is 0 Å². The van der Waals surface area contributed by atoms with Crippen molar-refractivity contribution in [3.63, 3.8) is 0 Å². The molecule has 1 fully saturated rings. The van der Waals surface area contributed by atoms with Crippen LogP contribution in [0.3, 0.4) is 0 Å². The maximum absolute atomic E-state index is 12.5. The minimum atomic E-state index is -0.232. The standard InChI is InChI=1S/C23H27ClN2O5/c1-26(18-5-8-28-9-6-18)7-10-29-19-4-2-3-16(11-19)14-25-23(27)17-12-20(24)22-21(13-17)30-15-31-22/h2-4,11-13,18H,5-10,14-15H2,1H3,(H,25,27). The number of carbonyl (C=O) groups excluding carboxylic acids is 1. The van der Waals surface area contributed by atoms with Crippen molar-refractivity contribution in [2.75, 3.05) is 40.2 Å². The molecule has 2 aliphatic rings. The van der Waals surface area contributed by atoms with Gasteiger partial charge < -0.3 is 24.3 Å². The van der Waals surface area contributed by atoms with E-state index < -0.39 is 0 Å². The van der Waals surface area contributed by atoms with Crippen molar-refractivity contribution in [1.29, 1.82) is 0 Å². The van der Waals surface area contributed by atoms with Crippen molar-refractivity contribution in [1.82, 2.24) is 10.2 Å². The van der Waals surface area contributed by atoms with E-state index in [1.807, 2.05) is 24.3 Å². The summed E-state index contributed by atoms with van der Waals surface area (Å²) in [4.78, 5) is 14.9. The lowest BCUT2D eigenvalue weighted by atomic mass is 10.1. The predicted molar refractivity (Wildman–Crippen MR) is 117 cm³/mol. The molecule has 0 aromatic heterocycles. The van der Waals surface area contributed by atoms with Crippen LogP contribution in [0, 0.1) is 0 Å². The minimum absolute atomic E-state index is 0.109. The summed E-state index contributed by atoms with van der Waals surface area (Å²) in [5.41, 5.74) is 1.38. The van der Waals surface area contributed by atoms with E-state index in [1.54, 1.807) is 12.1 Å². The molecule has 8 heteroatoms. The number of ether oxygens (including phenoxy) is 4. The number of carbonyl (C=O) groups is 1. The Morgan fingerprint density at radius 3 is 2.90 bits per heavy atom. The van der Waals surface area contributed by atoms with E-state index in [9.17, 15) is 4.79 Å². The van der Waals surface area contributed by atoms with Gasteiger partial charge in [-0.2, -0.15) is 0 Å². The summed E-state index contributed by atoms with van der Waals surface area (Å²) in [7, 11) is 2.13. The van der Waals surface area contributed by atoms with Gasteiger partial charge in [-0.25, -0.2) is 0 Å². The number of hydrogen-bond donors (Lipinski definition) is 1. The Morgan fingerprint density at radius 1 is 1.23 bits per heavy atom. The topological polar surface area (TPSA) is 69.3 Å². The van der Waals surface area contributed by atoms with Crippen LogP contribution < -0.4 is 19.5 Å². The van der Waals surface area contributed by atoms with E-state index >= 15 is 0 Å². The van der Waals surface area contributed by atoms with Crippen LogP contribution >= 0.6 is 11.6 Å². The van der Waals surface area contributed by atoms with Crippen LogP contribution in [0.15, 0.2) is 36.4 Å². The number of nitrogens with zero attached hydrogens (tertiary/aromatic N) is 1. The highest BCUT2D eigenvalue weighted by atomic mass is 35.5. The number of benzene rings is 2. The smallest absolute Gasteiger partial charge is 0.251 e. The first-order chi connectivity index (χ1) is 15.1. The summed E-state index contributed by atoms with van der Waals surface area (Å²) in [6.45, 7) is 3.63. The fourth-order valence-corrected chi connectivity index (χ4v) is 4.01. The molecule has 7 nitrogen and oxygen atoms in total. The van der Waals surface area contributed by atoms with Crippen molar-refractivity contribution < 1.29 is 23.7 Å². The Balaban J connectivity index is 1.26. The van der Waals surface area contributed by atoms with Crippen LogP contribution in [0.4, 0.5) is 0 Å². The molecule has 2 aromatic carbocycles. The first-order valence-corrected chi connectivity index (χ1v) is 10.8. The number of nitrogens with one attached hydrogen (secondary N) is 1. The number of fused-ring (bicyclic) bond motifs is 1. The molecule has 0 bridgehead atoms.